The molecule has 4 heteroatoms. The van der Waals surface area contributed by atoms with E-state index in [0.717, 1.165) is 0 Å². The molecule has 1 rings (SSSR count). The molecule has 0 heterocycles. The summed E-state index contributed by atoms with van der Waals surface area (Å²) in [4.78, 5) is 22.2. The molecule has 0 saturated carbocycles. The lowest BCUT2D eigenvalue weighted by molar-refractivity contribution is -0.150. The minimum atomic E-state index is -1.19. The molecule has 1 aliphatic rings. The zero-order valence-corrected chi connectivity index (χ0v) is 8.94. The summed E-state index contributed by atoms with van der Waals surface area (Å²) in [7, 11) is 0. The Hall–Kier alpha value is -1.58. The van der Waals surface area contributed by atoms with Gasteiger partial charge in [0, 0.05) is 11.0 Å². The van der Waals surface area contributed by atoms with Gasteiger partial charge in [0.25, 0.3) is 0 Å². The smallest absolute Gasteiger partial charge is 0.332 e. The first kappa shape index (κ1) is 11.5. The highest BCUT2D eigenvalue weighted by molar-refractivity contribution is 5.92. The summed E-state index contributed by atoms with van der Waals surface area (Å²) in [6.07, 6.45) is 4.47. The van der Waals surface area contributed by atoms with Crippen molar-refractivity contribution in [2.75, 3.05) is 0 Å². The lowest BCUT2D eigenvalue weighted by atomic mass is 9.60. The van der Waals surface area contributed by atoms with Crippen molar-refractivity contribution in [3.05, 3.63) is 23.8 Å². The predicted molar refractivity (Wildman–Crippen MR) is 54.4 cm³/mol. The van der Waals surface area contributed by atoms with Crippen molar-refractivity contribution in [3.8, 4) is 0 Å². The lowest BCUT2D eigenvalue weighted by Gasteiger charge is -2.41. The Morgan fingerprint density at radius 3 is 2.13 bits per heavy atom. The molecule has 0 aromatic carbocycles. The second kappa shape index (κ2) is 3.22. The molecule has 82 valence electrons. The van der Waals surface area contributed by atoms with Crippen LogP contribution >= 0.6 is 0 Å². The summed E-state index contributed by atoms with van der Waals surface area (Å²) >= 11 is 0. The van der Waals surface area contributed by atoms with Crippen molar-refractivity contribution < 1.29 is 19.8 Å². The molecule has 0 bridgehead atoms. The van der Waals surface area contributed by atoms with Gasteiger partial charge in [-0.3, -0.25) is 4.79 Å². The largest absolute Gasteiger partial charge is 0.481 e. The molecular weight excluding hydrogens is 196 g/mol. The Labute approximate surface area is 87.9 Å². The number of hydrogen-bond acceptors (Lipinski definition) is 2. The molecule has 0 amide bonds. The van der Waals surface area contributed by atoms with Crippen LogP contribution in [0.5, 0.6) is 0 Å². The minimum absolute atomic E-state index is 0.120. The fraction of sp³-hybridized carbons (Fsp3) is 0.455. The number of rotatable bonds is 2. The van der Waals surface area contributed by atoms with Crippen molar-refractivity contribution in [2.24, 2.45) is 10.8 Å². The average Bonchev–Trinajstić information content (AvgIpc) is 2.08. The number of carboxylic acids is 2. The van der Waals surface area contributed by atoms with Crippen LogP contribution < -0.4 is 0 Å². The van der Waals surface area contributed by atoms with Crippen molar-refractivity contribution in [3.63, 3.8) is 0 Å². The summed E-state index contributed by atoms with van der Waals surface area (Å²) in [5, 5.41) is 18.2. The molecule has 0 radical (unpaired) electrons. The van der Waals surface area contributed by atoms with E-state index in [-0.39, 0.29) is 5.57 Å². The molecule has 15 heavy (non-hydrogen) atoms. The van der Waals surface area contributed by atoms with Gasteiger partial charge in [-0.25, -0.2) is 4.79 Å². The maximum Gasteiger partial charge on any atom is 0.332 e. The Morgan fingerprint density at radius 2 is 1.73 bits per heavy atom. The second-order valence-corrected chi connectivity index (χ2v) is 4.38. The van der Waals surface area contributed by atoms with Gasteiger partial charge in [0.15, 0.2) is 0 Å². The zero-order valence-electron chi connectivity index (χ0n) is 8.94. The van der Waals surface area contributed by atoms with Crippen LogP contribution in [0, 0.1) is 10.8 Å². The molecule has 0 aliphatic heterocycles. The molecule has 0 aromatic heterocycles. The third-order valence-corrected chi connectivity index (χ3v) is 3.34. The maximum absolute atomic E-state index is 11.2. The third-order valence-electron chi connectivity index (χ3n) is 3.34. The molecule has 0 aromatic rings. The van der Waals surface area contributed by atoms with Gasteiger partial charge in [0.2, 0.25) is 0 Å². The van der Waals surface area contributed by atoms with Gasteiger partial charge >= 0.3 is 11.9 Å². The Bertz CT molecular complexity index is 376. The summed E-state index contributed by atoms with van der Waals surface area (Å²) in [6.45, 7) is 4.79. The Kier molecular flexibility index (Phi) is 2.47. The quantitative estimate of drug-likeness (QED) is 0.727. The number of hydrogen-bond donors (Lipinski definition) is 2. The van der Waals surface area contributed by atoms with E-state index in [1.54, 1.807) is 13.8 Å². The SMILES string of the molecule is CC1(C)C(C(=O)O)=CC=CC1(C)C(=O)O. The van der Waals surface area contributed by atoms with Gasteiger partial charge in [-0.15, -0.1) is 0 Å². The van der Waals surface area contributed by atoms with E-state index in [9.17, 15) is 9.59 Å². The van der Waals surface area contributed by atoms with Crippen LogP contribution in [-0.2, 0) is 9.59 Å². The number of carboxylic acid groups (broad SMARTS) is 2. The molecule has 0 saturated heterocycles. The molecule has 1 aliphatic carbocycles. The maximum atomic E-state index is 11.2. The molecular formula is C11H14O4. The summed E-state index contributed by atoms with van der Waals surface area (Å²) < 4.78 is 0. The second-order valence-electron chi connectivity index (χ2n) is 4.38. The van der Waals surface area contributed by atoms with Crippen LogP contribution in [0.2, 0.25) is 0 Å². The number of aliphatic carboxylic acids is 2. The fourth-order valence-corrected chi connectivity index (χ4v) is 1.71. The van der Waals surface area contributed by atoms with E-state index >= 15 is 0 Å². The van der Waals surface area contributed by atoms with Gasteiger partial charge in [0.05, 0.1) is 5.41 Å². The number of allylic oxidation sites excluding steroid dienone is 2. The lowest BCUT2D eigenvalue weighted by Crippen LogP contribution is -2.44. The van der Waals surface area contributed by atoms with Crippen molar-refractivity contribution >= 4 is 11.9 Å². The fourth-order valence-electron chi connectivity index (χ4n) is 1.71. The van der Waals surface area contributed by atoms with E-state index in [4.69, 9.17) is 10.2 Å². The van der Waals surface area contributed by atoms with Gasteiger partial charge in [-0.05, 0) is 6.92 Å². The number of carbonyl (C=O) groups is 2. The Morgan fingerprint density at radius 1 is 1.20 bits per heavy atom. The predicted octanol–water partition coefficient (Wildman–Crippen LogP) is 1.68. The average molecular weight is 210 g/mol. The van der Waals surface area contributed by atoms with Crippen LogP contribution in [0.4, 0.5) is 0 Å². The topological polar surface area (TPSA) is 74.6 Å². The highest BCUT2D eigenvalue weighted by Crippen LogP contribution is 2.48. The van der Waals surface area contributed by atoms with E-state index in [1.807, 2.05) is 0 Å². The Balaban J connectivity index is 3.32. The summed E-state index contributed by atoms with van der Waals surface area (Å²) in [5.41, 5.74) is -2.00. The van der Waals surface area contributed by atoms with Crippen LogP contribution in [0.1, 0.15) is 20.8 Å². The molecule has 0 spiro atoms. The van der Waals surface area contributed by atoms with Crippen LogP contribution in [0.15, 0.2) is 23.8 Å². The monoisotopic (exact) mass is 210 g/mol. The molecule has 1 atom stereocenters. The minimum Gasteiger partial charge on any atom is -0.481 e. The first-order chi connectivity index (χ1) is 6.73. The van der Waals surface area contributed by atoms with E-state index in [1.165, 1.54) is 25.2 Å². The van der Waals surface area contributed by atoms with Gasteiger partial charge in [-0.1, -0.05) is 32.1 Å². The first-order valence-corrected chi connectivity index (χ1v) is 4.60. The molecule has 0 fully saturated rings. The van der Waals surface area contributed by atoms with Crippen molar-refractivity contribution in [1.29, 1.82) is 0 Å². The summed E-state index contributed by atoms with van der Waals surface area (Å²) in [5.74, 6) is -2.09. The summed E-state index contributed by atoms with van der Waals surface area (Å²) in [6, 6.07) is 0. The van der Waals surface area contributed by atoms with E-state index < -0.39 is 22.8 Å². The zero-order chi connectivity index (χ0) is 11.9. The molecule has 4 nitrogen and oxygen atoms in total. The molecule has 2 N–H and O–H groups in total. The van der Waals surface area contributed by atoms with Gasteiger partial charge < -0.3 is 10.2 Å². The normalized spacial score (nSPS) is 28.3. The van der Waals surface area contributed by atoms with Gasteiger partial charge in [0.1, 0.15) is 0 Å². The molecule has 1 unspecified atom stereocenters. The third kappa shape index (κ3) is 1.46. The standard InChI is InChI=1S/C11H14O4/c1-10(2)7(8(12)13)5-4-6-11(10,3)9(14)15/h4-6H,1-3H3,(H,12,13)(H,14,15). The highest BCUT2D eigenvalue weighted by atomic mass is 16.4. The van der Waals surface area contributed by atoms with E-state index in [0.29, 0.717) is 0 Å². The van der Waals surface area contributed by atoms with Crippen LogP contribution in [0.3, 0.4) is 0 Å². The van der Waals surface area contributed by atoms with Crippen LogP contribution in [-0.4, -0.2) is 22.2 Å². The first-order valence-electron chi connectivity index (χ1n) is 4.60. The van der Waals surface area contributed by atoms with Crippen molar-refractivity contribution in [1.82, 2.24) is 0 Å². The highest BCUT2D eigenvalue weighted by Gasteiger charge is 2.50. The van der Waals surface area contributed by atoms with Crippen molar-refractivity contribution in [2.45, 2.75) is 20.8 Å². The van der Waals surface area contributed by atoms with Crippen LogP contribution in [0.25, 0.3) is 0 Å². The van der Waals surface area contributed by atoms with Gasteiger partial charge in [-0.2, -0.15) is 0 Å². The van der Waals surface area contributed by atoms with E-state index in [2.05, 4.69) is 0 Å².